The number of benzene rings is 3. The molecule has 0 saturated carbocycles. The van der Waals surface area contributed by atoms with Crippen molar-refractivity contribution in [3.63, 3.8) is 0 Å². The van der Waals surface area contributed by atoms with Crippen molar-refractivity contribution in [2.45, 2.75) is 64.1 Å². The number of nitrogens with zero attached hydrogens (tertiary/aromatic N) is 2. The van der Waals surface area contributed by atoms with Gasteiger partial charge in [-0.25, -0.2) is 8.42 Å². The van der Waals surface area contributed by atoms with E-state index in [1.807, 2.05) is 20.8 Å². The van der Waals surface area contributed by atoms with Gasteiger partial charge in [-0.1, -0.05) is 66.5 Å². The molecule has 3 rings (SSSR count). The minimum Gasteiger partial charge on any atom is -0.492 e. The molecule has 226 valence electrons. The Balaban J connectivity index is 2.12. The number of hydrogen-bond acceptors (Lipinski definition) is 5. The van der Waals surface area contributed by atoms with Gasteiger partial charge in [-0.2, -0.15) is 0 Å². The van der Waals surface area contributed by atoms with Crippen LogP contribution in [-0.4, -0.2) is 49.9 Å². The van der Waals surface area contributed by atoms with E-state index in [-0.39, 0.29) is 29.5 Å². The number of amides is 2. The second-order valence-electron chi connectivity index (χ2n) is 10.7. The predicted octanol–water partition coefficient (Wildman–Crippen LogP) is 6.31. The van der Waals surface area contributed by atoms with Crippen molar-refractivity contribution in [3.05, 3.63) is 88.4 Å². The fourth-order valence-electron chi connectivity index (χ4n) is 4.38. The molecular formula is C31H37Cl2N3O5S. The second kappa shape index (κ2) is 14.3. The predicted molar refractivity (Wildman–Crippen MR) is 168 cm³/mol. The average molecular weight is 635 g/mol. The Labute approximate surface area is 258 Å². The van der Waals surface area contributed by atoms with E-state index in [2.05, 4.69) is 5.32 Å². The van der Waals surface area contributed by atoms with Crippen molar-refractivity contribution in [3.8, 4) is 5.75 Å². The molecule has 0 aliphatic carbocycles. The maximum Gasteiger partial charge on any atom is 0.264 e. The maximum atomic E-state index is 14.2. The molecule has 0 fully saturated rings. The summed E-state index contributed by atoms with van der Waals surface area (Å²) in [6.45, 7) is 8.84. The normalized spacial score (nSPS) is 12.4. The van der Waals surface area contributed by atoms with Crippen molar-refractivity contribution in [2.75, 3.05) is 17.5 Å². The standard InChI is InChI=1S/C31H37Cl2N3O5S/c1-6-26(30(38)34-31(3,4)5)35(20-22-17-18-24(32)25(33)19-22)29(37)21-36(27-15-11-12-16-28(27)41-7-2)42(39,40)23-13-9-8-10-14-23/h8-19,26H,6-7,20-21H2,1-5H3,(H,34,38)/t26-/m0/s1. The number of rotatable bonds is 12. The molecule has 0 heterocycles. The highest BCUT2D eigenvalue weighted by atomic mass is 35.5. The fourth-order valence-corrected chi connectivity index (χ4v) is 6.15. The number of hydrogen-bond donors (Lipinski definition) is 1. The molecule has 0 unspecified atom stereocenters. The summed E-state index contributed by atoms with van der Waals surface area (Å²) in [5, 5.41) is 3.60. The molecule has 0 aromatic heterocycles. The first-order chi connectivity index (χ1) is 19.8. The monoisotopic (exact) mass is 633 g/mol. The molecule has 2 amide bonds. The van der Waals surface area contributed by atoms with Gasteiger partial charge in [0.05, 0.1) is 27.2 Å². The van der Waals surface area contributed by atoms with Crippen LogP contribution in [0.2, 0.25) is 10.0 Å². The lowest BCUT2D eigenvalue weighted by atomic mass is 10.1. The zero-order chi connectivity index (χ0) is 31.1. The Morgan fingerprint density at radius 1 is 0.929 bits per heavy atom. The Hall–Kier alpha value is -3.27. The maximum absolute atomic E-state index is 14.2. The third-order valence-corrected chi connectivity index (χ3v) is 8.78. The van der Waals surface area contributed by atoms with Gasteiger partial charge in [-0.15, -0.1) is 0 Å². The van der Waals surface area contributed by atoms with E-state index < -0.39 is 34.1 Å². The largest absolute Gasteiger partial charge is 0.492 e. The van der Waals surface area contributed by atoms with E-state index in [0.717, 1.165) is 4.31 Å². The van der Waals surface area contributed by atoms with E-state index in [0.29, 0.717) is 28.0 Å². The summed E-state index contributed by atoms with van der Waals surface area (Å²) in [6, 6.07) is 18.6. The lowest BCUT2D eigenvalue weighted by Gasteiger charge is -2.35. The van der Waals surface area contributed by atoms with Gasteiger partial charge in [0.25, 0.3) is 10.0 Å². The first-order valence-corrected chi connectivity index (χ1v) is 15.8. The van der Waals surface area contributed by atoms with Gasteiger partial charge in [0.15, 0.2) is 0 Å². The van der Waals surface area contributed by atoms with Crippen molar-refractivity contribution in [2.24, 2.45) is 0 Å². The number of ether oxygens (including phenoxy) is 1. The highest BCUT2D eigenvalue weighted by Crippen LogP contribution is 2.33. The zero-order valence-corrected chi connectivity index (χ0v) is 26.8. The molecule has 0 spiro atoms. The van der Waals surface area contributed by atoms with Crippen LogP contribution in [0.1, 0.15) is 46.6 Å². The molecule has 3 aromatic rings. The molecule has 1 atom stereocenters. The van der Waals surface area contributed by atoms with Gasteiger partial charge in [-0.05, 0) is 76.1 Å². The minimum atomic E-state index is -4.22. The molecule has 1 N–H and O–H groups in total. The quantitative estimate of drug-likeness (QED) is 0.252. The highest BCUT2D eigenvalue weighted by Gasteiger charge is 2.35. The lowest BCUT2D eigenvalue weighted by Crippen LogP contribution is -2.55. The zero-order valence-electron chi connectivity index (χ0n) is 24.4. The van der Waals surface area contributed by atoms with E-state index in [1.165, 1.54) is 17.0 Å². The van der Waals surface area contributed by atoms with E-state index in [9.17, 15) is 18.0 Å². The SMILES string of the molecule is CCOc1ccccc1N(CC(=O)N(Cc1ccc(Cl)c(Cl)c1)[C@@H](CC)C(=O)NC(C)(C)C)S(=O)(=O)c1ccccc1. The summed E-state index contributed by atoms with van der Waals surface area (Å²) >= 11 is 12.4. The Bertz CT molecular complexity index is 1490. The van der Waals surface area contributed by atoms with Crippen LogP contribution < -0.4 is 14.4 Å². The van der Waals surface area contributed by atoms with Crippen LogP contribution in [0.15, 0.2) is 77.7 Å². The van der Waals surface area contributed by atoms with Gasteiger partial charge >= 0.3 is 0 Å². The number of sulfonamides is 1. The summed E-state index contributed by atoms with van der Waals surface area (Å²) in [5.74, 6) is -0.630. The van der Waals surface area contributed by atoms with Crippen LogP contribution in [0.3, 0.4) is 0 Å². The van der Waals surface area contributed by atoms with Crippen LogP contribution in [0.5, 0.6) is 5.75 Å². The number of carbonyl (C=O) groups excluding carboxylic acids is 2. The second-order valence-corrected chi connectivity index (χ2v) is 13.3. The van der Waals surface area contributed by atoms with Gasteiger partial charge in [-0.3, -0.25) is 13.9 Å². The summed E-state index contributed by atoms with van der Waals surface area (Å²) in [4.78, 5) is 29.1. The number of anilines is 1. The lowest BCUT2D eigenvalue weighted by molar-refractivity contribution is -0.141. The first kappa shape index (κ1) is 33.2. The summed E-state index contributed by atoms with van der Waals surface area (Å²) in [5.41, 5.74) is 0.284. The van der Waals surface area contributed by atoms with Crippen molar-refractivity contribution >= 4 is 50.7 Å². The molecule has 8 nitrogen and oxygen atoms in total. The van der Waals surface area contributed by atoms with Crippen LogP contribution in [0.4, 0.5) is 5.69 Å². The molecule has 0 saturated heterocycles. The highest BCUT2D eigenvalue weighted by molar-refractivity contribution is 7.92. The molecular weight excluding hydrogens is 597 g/mol. The first-order valence-electron chi connectivity index (χ1n) is 13.6. The average Bonchev–Trinajstić information content (AvgIpc) is 2.93. The Kier molecular flexibility index (Phi) is 11.3. The summed E-state index contributed by atoms with van der Waals surface area (Å²) in [7, 11) is -4.22. The van der Waals surface area contributed by atoms with E-state index in [4.69, 9.17) is 27.9 Å². The Morgan fingerprint density at radius 2 is 1.57 bits per heavy atom. The topological polar surface area (TPSA) is 96.0 Å². The van der Waals surface area contributed by atoms with Crippen LogP contribution in [0.25, 0.3) is 0 Å². The van der Waals surface area contributed by atoms with Crippen LogP contribution >= 0.6 is 23.2 Å². The van der Waals surface area contributed by atoms with Gasteiger partial charge in [0, 0.05) is 12.1 Å². The molecule has 0 radical (unpaired) electrons. The van der Waals surface area contributed by atoms with Crippen LogP contribution in [0, 0.1) is 0 Å². The molecule has 11 heteroatoms. The van der Waals surface area contributed by atoms with E-state index in [1.54, 1.807) is 74.5 Å². The third kappa shape index (κ3) is 8.40. The smallest absolute Gasteiger partial charge is 0.264 e. The fraction of sp³-hybridized carbons (Fsp3) is 0.355. The molecule has 0 aliphatic heterocycles. The van der Waals surface area contributed by atoms with E-state index >= 15 is 0 Å². The van der Waals surface area contributed by atoms with Crippen molar-refractivity contribution in [1.29, 1.82) is 0 Å². The van der Waals surface area contributed by atoms with Gasteiger partial charge in [0.1, 0.15) is 18.3 Å². The number of carbonyl (C=O) groups is 2. The van der Waals surface area contributed by atoms with Crippen molar-refractivity contribution in [1.82, 2.24) is 10.2 Å². The number of nitrogens with one attached hydrogen (secondary N) is 1. The van der Waals surface area contributed by atoms with Crippen LogP contribution in [-0.2, 0) is 26.2 Å². The summed E-state index contributed by atoms with van der Waals surface area (Å²) < 4.78 is 34.9. The molecule has 0 bridgehead atoms. The molecule has 0 aliphatic rings. The summed E-state index contributed by atoms with van der Waals surface area (Å²) in [6.07, 6.45) is 0.288. The van der Waals surface area contributed by atoms with Gasteiger partial charge < -0.3 is 15.0 Å². The molecule has 42 heavy (non-hydrogen) atoms. The Morgan fingerprint density at radius 3 is 2.17 bits per heavy atom. The number of halogens is 2. The minimum absolute atomic E-state index is 0.00186. The third-order valence-electron chi connectivity index (χ3n) is 6.26. The van der Waals surface area contributed by atoms with Crippen molar-refractivity contribution < 1.29 is 22.7 Å². The van der Waals surface area contributed by atoms with Gasteiger partial charge in [0.2, 0.25) is 11.8 Å². The number of para-hydroxylation sites is 2. The molecule has 3 aromatic carbocycles.